The molecule has 4 heteroatoms. The van der Waals surface area contributed by atoms with E-state index >= 15 is 0 Å². The summed E-state index contributed by atoms with van der Waals surface area (Å²) in [6.07, 6.45) is 0.756. The van der Waals surface area contributed by atoms with E-state index in [4.69, 9.17) is 15.3 Å². The maximum Gasteiger partial charge on any atom is 0.154 e. The molecule has 0 aromatic heterocycles. The highest BCUT2D eigenvalue weighted by atomic mass is 16.5. The van der Waals surface area contributed by atoms with Gasteiger partial charge in [-0.25, -0.2) is 0 Å². The Morgan fingerprint density at radius 1 is 0.913 bits per heavy atom. The maximum atomic E-state index is 11.5. The molecule has 0 radical (unpaired) electrons. The Morgan fingerprint density at radius 3 is 2.43 bits per heavy atom. The Balaban J connectivity index is 2.07. The van der Waals surface area contributed by atoms with E-state index in [0.717, 1.165) is 17.1 Å². The van der Waals surface area contributed by atoms with Gasteiger partial charge in [0.1, 0.15) is 23.6 Å². The summed E-state index contributed by atoms with van der Waals surface area (Å²) in [6.45, 7) is 0. The van der Waals surface area contributed by atoms with E-state index in [-0.39, 0.29) is 11.1 Å². The topological polar surface area (TPSA) is 73.9 Å². The zero-order chi connectivity index (χ0) is 16.2. The first-order chi connectivity index (χ1) is 11.3. The second-order valence-corrected chi connectivity index (χ2v) is 4.85. The van der Waals surface area contributed by atoms with Gasteiger partial charge in [0.2, 0.25) is 0 Å². The number of carbonyl (C=O) groups is 1. The van der Waals surface area contributed by atoms with Crippen molar-refractivity contribution in [3.63, 3.8) is 0 Å². The third kappa shape index (κ3) is 2.62. The van der Waals surface area contributed by atoms with E-state index in [2.05, 4.69) is 0 Å². The zero-order valence-corrected chi connectivity index (χ0v) is 12.0. The Kier molecular flexibility index (Phi) is 3.74. The lowest BCUT2D eigenvalue weighted by Crippen LogP contribution is -1.93. The van der Waals surface area contributed by atoms with Gasteiger partial charge in [-0.2, -0.15) is 10.5 Å². The molecule has 0 saturated heterocycles. The van der Waals surface area contributed by atoms with Gasteiger partial charge in [0.05, 0.1) is 16.7 Å². The van der Waals surface area contributed by atoms with Crippen LogP contribution in [0.3, 0.4) is 0 Å². The van der Waals surface area contributed by atoms with E-state index < -0.39 is 0 Å². The highest BCUT2D eigenvalue weighted by molar-refractivity contribution is 6.00. The molecule has 0 aliphatic heterocycles. The first-order valence-electron chi connectivity index (χ1n) is 6.86. The van der Waals surface area contributed by atoms with Gasteiger partial charge in [-0.05, 0) is 35.0 Å². The number of benzene rings is 3. The molecule has 4 nitrogen and oxygen atoms in total. The number of hydrogen-bond donors (Lipinski definition) is 0. The van der Waals surface area contributed by atoms with E-state index in [9.17, 15) is 4.79 Å². The summed E-state index contributed by atoms with van der Waals surface area (Å²) in [6, 6.07) is 19.6. The maximum absolute atomic E-state index is 11.5. The molecule has 0 aliphatic rings. The zero-order valence-electron chi connectivity index (χ0n) is 12.0. The molecule has 0 spiro atoms. The Morgan fingerprint density at radius 2 is 1.70 bits per heavy atom. The SMILES string of the molecule is N#Cc1ccc(Oc2ccc3ccccc3c2C=O)cc1C#N. The molecule has 0 fully saturated rings. The van der Waals surface area contributed by atoms with Crippen LogP contribution >= 0.6 is 0 Å². The van der Waals surface area contributed by atoms with Crippen LogP contribution in [-0.4, -0.2) is 6.29 Å². The molecule has 0 aliphatic carbocycles. The first kappa shape index (κ1) is 14.3. The number of carbonyl (C=O) groups excluding carboxylic acids is 1. The molecule has 3 rings (SSSR count). The normalized spacial score (nSPS) is 9.83. The van der Waals surface area contributed by atoms with Crippen LogP contribution < -0.4 is 4.74 Å². The van der Waals surface area contributed by atoms with Crippen LogP contribution in [0.25, 0.3) is 10.8 Å². The minimum Gasteiger partial charge on any atom is -0.457 e. The van der Waals surface area contributed by atoms with Crippen molar-refractivity contribution in [2.45, 2.75) is 0 Å². The van der Waals surface area contributed by atoms with Gasteiger partial charge in [-0.1, -0.05) is 30.3 Å². The summed E-state index contributed by atoms with van der Waals surface area (Å²) < 4.78 is 5.76. The van der Waals surface area contributed by atoms with Crippen molar-refractivity contribution < 1.29 is 9.53 Å². The first-order valence-corrected chi connectivity index (χ1v) is 6.86. The van der Waals surface area contributed by atoms with Crippen LogP contribution in [0.2, 0.25) is 0 Å². The minimum atomic E-state index is 0.235. The van der Waals surface area contributed by atoms with Crippen molar-refractivity contribution in [1.29, 1.82) is 10.5 Å². The molecule has 0 heterocycles. The smallest absolute Gasteiger partial charge is 0.154 e. The van der Waals surface area contributed by atoms with Crippen molar-refractivity contribution >= 4 is 17.1 Å². The molecule has 3 aromatic carbocycles. The summed E-state index contributed by atoms with van der Waals surface area (Å²) >= 11 is 0. The van der Waals surface area contributed by atoms with Gasteiger partial charge in [-0.3, -0.25) is 4.79 Å². The largest absolute Gasteiger partial charge is 0.457 e. The van der Waals surface area contributed by atoms with Crippen molar-refractivity contribution in [3.8, 4) is 23.6 Å². The fourth-order valence-corrected chi connectivity index (χ4v) is 2.39. The van der Waals surface area contributed by atoms with Crippen LogP contribution in [-0.2, 0) is 0 Å². The number of rotatable bonds is 3. The van der Waals surface area contributed by atoms with Crippen LogP contribution in [0.1, 0.15) is 21.5 Å². The monoisotopic (exact) mass is 298 g/mol. The average Bonchev–Trinajstić information content (AvgIpc) is 2.61. The van der Waals surface area contributed by atoms with E-state index in [0.29, 0.717) is 17.1 Å². The number of aldehydes is 1. The summed E-state index contributed by atoms with van der Waals surface area (Å²) in [5, 5.41) is 19.8. The summed E-state index contributed by atoms with van der Waals surface area (Å²) in [5.41, 5.74) is 0.971. The van der Waals surface area contributed by atoms with E-state index in [1.807, 2.05) is 42.5 Å². The van der Waals surface area contributed by atoms with Gasteiger partial charge in [-0.15, -0.1) is 0 Å². The molecule has 108 valence electrons. The van der Waals surface area contributed by atoms with Gasteiger partial charge in [0, 0.05) is 0 Å². The number of hydrogen-bond acceptors (Lipinski definition) is 4. The lowest BCUT2D eigenvalue weighted by molar-refractivity contribution is 0.112. The molecule has 0 amide bonds. The van der Waals surface area contributed by atoms with Crippen molar-refractivity contribution in [3.05, 3.63) is 71.3 Å². The second-order valence-electron chi connectivity index (χ2n) is 4.85. The predicted molar refractivity (Wildman–Crippen MR) is 85.3 cm³/mol. The molecule has 3 aromatic rings. The minimum absolute atomic E-state index is 0.235. The quantitative estimate of drug-likeness (QED) is 0.679. The molecular formula is C19H10N2O2. The summed E-state index contributed by atoms with van der Waals surface area (Å²) in [7, 11) is 0. The molecular weight excluding hydrogens is 288 g/mol. The lowest BCUT2D eigenvalue weighted by Gasteiger charge is -2.11. The average molecular weight is 298 g/mol. The van der Waals surface area contributed by atoms with E-state index in [1.165, 1.54) is 12.1 Å². The summed E-state index contributed by atoms with van der Waals surface area (Å²) in [4.78, 5) is 11.5. The molecule has 0 bridgehead atoms. The molecule has 0 unspecified atom stereocenters. The molecule has 0 atom stereocenters. The third-order valence-electron chi connectivity index (χ3n) is 3.51. The van der Waals surface area contributed by atoms with Gasteiger partial charge < -0.3 is 4.74 Å². The fourth-order valence-electron chi connectivity index (χ4n) is 2.39. The molecule has 0 saturated carbocycles. The third-order valence-corrected chi connectivity index (χ3v) is 3.51. The van der Waals surface area contributed by atoms with Crippen molar-refractivity contribution in [1.82, 2.24) is 0 Å². The number of nitriles is 2. The van der Waals surface area contributed by atoms with Crippen molar-refractivity contribution in [2.75, 3.05) is 0 Å². The number of ether oxygens (including phenoxy) is 1. The van der Waals surface area contributed by atoms with Gasteiger partial charge >= 0.3 is 0 Å². The summed E-state index contributed by atoms with van der Waals surface area (Å²) in [5.74, 6) is 0.811. The number of nitrogens with zero attached hydrogens (tertiary/aromatic N) is 2. The van der Waals surface area contributed by atoms with Crippen LogP contribution in [0.15, 0.2) is 54.6 Å². The van der Waals surface area contributed by atoms with Crippen LogP contribution in [0.5, 0.6) is 11.5 Å². The predicted octanol–water partition coefficient (Wildman–Crippen LogP) is 4.19. The number of fused-ring (bicyclic) bond motifs is 1. The lowest BCUT2D eigenvalue weighted by atomic mass is 10.0. The highest BCUT2D eigenvalue weighted by Crippen LogP contribution is 2.31. The van der Waals surface area contributed by atoms with Crippen molar-refractivity contribution in [2.24, 2.45) is 0 Å². The van der Waals surface area contributed by atoms with Crippen LogP contribution in [0, 0.1) is 22.7 Å². The highest BCUT2D eigenvalue weighted by Gasteiger charge is 2.10. The van der Waals surface area contributed by atoms with E-state index in [1.54, 1.807) is 12.1 Å². The Hall–Kier alpha value is -3.63. The standard InChI is InChI=1S/C19H10N2O2/c20-10-14-5-7-16(9-15(14)11-21)23-19-8-6-13-3-1-2-4-17(13)18(19)12-22/h1-9,12H. The fraction of sp³-hybridized carbons (Fsp3) is 0. The van der Waals surface area contributed by atoms with Gasteiger partial charge in [0.25, 0.3) is 0 Å². The Labute approximate surface area is 132 Å². The van der Waals surface area contributed by atoms with Crippen LogP contribution in [0.4, 0.5) is 0 Å². The van der Waals surface area contributed by atoms with Gasteiger partial charge in [0.15, 0.2) is 6.29 Å². The Bertz CT molecular complexity index is 994. The molecule has 23 heavy (non-hydrogen) atoms. The molecule has 0 N–H and O–H groups in total. The second kappa shape index (κ2) is 6.01.